The molecule has 2 aliphatic rings. The first-order valence-corrected chi connectivity index (χ1v) is 12.6. The number of carbonyl (C=O) groups excluding carboxylic acids is 3. The van der Waals surface area contributed by atoms with Gasteiger partial charge in [-0.05, 0) is 77.7 Å². The maximum absolute atomic E-state index is 13.2. The van der Waals surface area contributed by atoms with Crippen molar-refractivity contribution in [3.05, 3.63) is 71.3 Å². The molecule has 5 rings (SSSR count). The van der Waals surface area contributed by atoms with Gasteiger partial charge in [-0.15, -0.1) is 0 Å². The number of benzene rings is 3. The van der Waals surface area contributed by atoms with E-state index in [4.69, 9.17) is 16.2 Å². The summed E-state index contributed by atoms with van der Waals surface area (Å²) in [6.07, 6.45) is 1.72. The fraction of sp³-hybridized carbons (Fsp3) is 0.276. The summed E-state index contributed by atoms with van der Waals surface area (Å²) < 4.78 is 5.52. The molecule has 9 heteroatoms. The highest BCUT2D eigenvalue weighted by molar-refractivity contribution is 6.06. The molecule has 38 heavy (non-hydrogen) atoms. The lowest BCUT2D eigenvalue weighted by Gasteiger charge is -2.24. The van der Waals surface area contributed by atoms with Crippen LogP contribution in [0.5, 0.6) is 5.75 Å². The number of nitrogen functional groups attached to an aromatic ring is 1. The summed E-state index contributed by atoms with van der Waals surface area (Å²) in [6, 6.07) is 13.4. The van der Waals surface area contributed by atoms with Gasteiger partial charge >= 0.3 is 0 Å². The maximum atomic E-state index is 13.2. The van der Waals surface area contributed by atoms with Crippen molar-refractivity contribution in [2.75, 3.05) is 32.5 Å². The number of methoxy groups -OCH3 is 1. The van der Waals surface area contributed by atoms with Gasteiger partial charge in [-0.1, -0.05) is 24.8 Å². The second-order valence-electron chi connectivity index (χ2n) is 9.79. The van der Waals surface area contributed by atoms with Gasteiger partial charge < -0.3 is 31.7 Å². The summed E-state index contributed by atoms with van der Waals surface area (Å²) >= 11 is 0. The third kappa shape index (κ3) is 4.68. The maximum Gasteiger partial charge on any atom is 0.254 e. The van der Waals surface area contributed by atoms with E-state index >= 15 is 0 Å². The quantitative estimate of drug-likeness (QED) is 0.283. The first-order valence-electron chi connectivity index (χ1n) is 12.6. The number of ether oxygens (including phenoxy) is 1. The van der Waals surface area contributed by atoms with Gasteiger partial charge in [0.15, 0.2) is 0 Å². The van der Waals surface area contributed by atoms with Crippen molar-refractivity contribution in [3.63, 3.8) is 0 Å². The molecular formula is C29H31N5O4. The number of hydrogen-bond donors (Lipinski definition) is 4. The number of nitrogens with two attached hydrogens (primary N) is 2. The molecular weight excluding hydrogens is 482 g/mol. The van der Waals surface area contributed by atoms with Gasteiger partial charge in [-0.3, -0.25) is 14.4 Å². The summed E-state index contributed by atoms with van der Waals surface area (Å²) in [7, 11) is 1.53. The van der Waals surface area contributed by atoms with Crippen molar-refractivity contribution in [3.8, 4) is 16.9 Å². The number of nitrogens with one attached hydrogen (secondary N) is 2. The number of piperidine rings is 1. The Morgan fingerprint density at radius 2 is 1.87 bits per heavy atom. The number of rotatable bonds is 7. The number of primary amides is 1. The fourth-order valence-electron chi connectivity index (χ4n) is 5.18. The Morgan fingerprint density at radius 3 is 2.58 bits per heavy atom. The van der Waals surface area contributed by atoms with E-state index in [0.29, 0.717) is 29.1 Å². The highest BCUT2D eigenvalue weighted by Crippen LogP contribution is 2.36. The Kier molecular flexibility index (Phi) is 6.77. The molecule has 0 spiro atoms. The molecule has 3 aromatic rings. The minimum absolute atomic E-state index is 0.0781. The van der Waals surface area contributed by atoms with Gasteiger partial charge in [-0.2, -0.15) is 0 Å². The van der Waals surface area contributed by atoms with Crippen LogP contribution in [0, 0.1) is 0 Å². The second kappa shape index (κ2) is 10.2. The molecule has 0 atom stereocenters. The molecule has 1 fully saturated rings. The van der Waals surface area contributed by atoms with Gasteiger partial charge in [-0.25, -0.2) is 0 Å². The zero-order valence-electron chi connectivity index (χ0n) is 21.3. The molecule has 9 nitrogen and oxygen atoms in total. The number of carbonyl (C=O) groups is 3. The lowest BCUT2D eigenvalue weighted by Crippen LogP contribution is -2.42. The SMILES string of the molecule is C=C(CN1Cc2c(ccc3ccc(-c4cc(OC)c(N)c(C(=O)NC5CCNCC5)c4)cc23)C1=O)C(N)=O. The molecule has 6 N–H and O–H groups in total. The van der Waals surface area contributed by atoms with E-state index in [2.05, 4.69) is 17.2 Å². The van der Waals surface area contributed by atoms with Crippen LogP contribution >= 0.6 is 0 Å². The zero-order valence-corrected chi connectivity index (χ0v) is 21.3. The molecule has 0 radical (unpaired) electrons. The lowest BCUT2D eigenvalue weighted by atomic mass is 9.94. The van der Waals surface area contributed by atoms with E-state index in [-0.39, 0.29) is 30.0 Å². The highest BCUT2D eigenvalue weighted by Gasteiger charge is 2.30. The largest absolute Gasteiger partial charge is 0.495 e. The average Bonchev–Trinajstić information content (AvgIpc) is 3.24. The number of nitrogens with zero attached hydrogens (tertiary/aromatic N) is 1. The monoisotopic (exact) mass is 513 g/mol. The van der Waals surface area contributed by atoms with Crippen LogP contribution in [0.2, 0.25) is 0 Å². The molecule has 0 unspecified atom stereocenters. The van der Waals surface area contributed by atoms with Gasteiger partial charge in [0.05, 0.1) is 24.9 Å². The minimum Gasteiger partial charge on any atom is -0.495 e. The van der Waals surface area contributed by atoms with Gasteiger partial charge in [0.1, 0.15) is 5.75 Å². The molecule has 1 saturated heterocycles. The fourth-order valence-corrected chi connectivity index (χ4v) is 5.18. The zero-order chi connectivity index (χ0) is 27.0. The van der Waals surface area contributed by atoms with E-state index in [9.17, 15) is 14.4 Å². The van der Waals surface area contributed by atoms with Crippen LogP contribution in [0.3, 0.4) is 0 Å². The topological polar surface area (TPSA) is 140 Å². The number of fused-ring (bicyclic) bond motifs is 3. The minimum atomic E-state index is -0.627. The molecule has 0 saturated carbocycles. The highest BCUT2D eigenvalue weighted by atomic mass is 16.5. The standard InChI is InChI=1S/C29H31N5O4/c1-16(27(31)35)14-34-15-24-21(29(34)37)6-5-17-3-4-18(11-22(17)24)19-12-23(26(30)25(13-19)38-2)28(36)33-20-7-9-32-10-8-20/h3-6,11-13,20,32H,1,7-10,14-15,30H2,2H3,(H2,31,35)(H,33,36). The molecule has 2 heterocycles. The van der Waals surface area contributed by atoms with Crippen LogP contribution in [-0.4, -0.2) is 55.4 Å². The number of amides is 3. The second-order valence-corrected chi connectivity index (χ2v) is 9.79. The summed E-state index contributed by atoms with van der Waals surface area (Å²) in [5.41, 5.74) is 15.6. The number of hydrogen-bond acceptors (Lipinski definition) is 6. The molecule has 2 aliphatic heterocycles. The van der Waals surface area contributed by atoms with E-state index in [1.165, 1.54) is 7.11 Å². The van der Waals surface area contributed by atoms with Crippen molar-refractivity contribution in [1.82, 2.24) is 15.5 Å². The molecule has 0 bridgehead atoms. The van der Waals surface area contributed by atoms with Crippen LogP contribution in [0.1, 0.15) is 39.1 Å². The van der Waals surface area contributed by atoms with Crippen LogP contribution in [0.4, 0.5) is 5.69 Å². The van der Waals surface area contributed by atoms with Gasteiger partial charge in [0, 0.05) is 23.7 Å². The van der Waals surface area contributed by atoms with Gasteiger partial charge in [0.25, 0.3) is 11.8 Å². The first kappa shape index (κ1) is 25.3. The van der Waals surface area contributed by atoms with E-state index in [1.807, 2.05) is 36.4 Å². The summed E-state index contributed by atoms with van der Waals surface area (Å²) in [5.74, 6) is -0.603. The predicted molar refractivity (Wildman–Crippen MR) is 147 cm³/mol. The Balaban J connectivity index is 1.51. The van der Waals surface area contributed by atoms with Gasteiger partial charge in [0.2, 0.25) is 5.91 Å². The third-order valence-electron chi connectivity index (χ3n) is 7.34. The van der Waals surface area contributed by atoms with Crippen molar-refractivity contribution in [1.29, 1.82) is 0 Å². The molecule has 0 aliphatic carbocycles. The molecule has 3 amide bonds. The Bertz CT molecular complexity index is 1480. The van der Waals surface area contributed by atoms with E-state index in [1.54, 1.807) is 11.0 Å². The molecule has 3 aromatic carbocycles. The Morgan fingerprint density at radius 1 is 1.13 bits per heavy atom. The summed E-state index contributed by atoms with van der Waals surface area (Å²) in [6.45, 7) is 5.83. The Hall–Kier alpha value is -4.37. The number of anilines is 1. The normalized spacial score (nSPS) is 15.4. The predicted octanol–water partition coefficient (Wildman–Crippen LogP) is 2.58. The van der Waals surface area contributed by atoms with Crippen LogP contribution in [-0.2, 0) is 11.3 Å². The average molecular weight is 514 g/mol. The van der Waals surface area contributed by atoms with E-state index in [0.717, 1.165) is 53.4 Å². The third-order valence-corrected chi connectivity index (χ3v) is 7.34. The summed E-state index contributed by atoms with van der Waals surface area (Å²) in [5, 5.41) is 8.29. The van der Waals surface area contributed by atoms with Crippen LogP contribution < -0.4 is 26.8 Å². The van der Waals surface area contributed by atoms with Crippen molar-refractivity contribution < 1.29 is 19.1 Å². The molecule has 196 valence electrons. The Labute approximate surface area is 220 Å². The van der Waals surface area contributed by atoms with Crippen molar-refractivity contribution in [2.24, 2.45) is 5.73 Å². The van der Waals surface area contributed by atoms with E-state index < -0.39 is 5.91 Å². The molecule has 0 aromatic heterocycles. The lowest BCUT2D eigenvalue weighted by molar-refractivity contribution is -0.114. The summed E-state index contributed by atoms with van der Waals surface area (Å²) in [4.78, 5) is 39.3. The van der Waals surface area contributed by atoms with Crippen LogP contribution in [0.25, 0.3) is 21.9 Å². The first-order chi connectivity index (χ1) is 18.3. The van der Waals surface area contributed by atoms with Crippen LogP contribution in [0.15, 0.2) is 54.6 Å². The smallest absolute Gasteiger partial charge is 0.254 e. The van der Waals surface area contributed by atoms with Crippen molar-refractivity contribution >= 4 is 34.2 Å². The van der Waals surface area contributed by atoms with Crippen molar-refractivity contribution in [2.45, 2.75) is 25.4 Å².